The maximum absolute atomic E-state index is 12.6. The van der Waals surface area contributed by atoms with Crippen LogP contribution < -0.4 is 20.7 Å². The van der Waals surface area contributed by atoms with Gasteiger partial charge < -0.3 is 30.3 Å². The molecule has 8 nitrogen and oxygen atoms in total. The average Bonchev–Trinajstić information content (AvgIpc) is 2.78. The molecule has 0 aromatic heterocycles. The molecule has 0 aliphatic carbocycles. The zero-order valence-corrected chi connectivity index (χ0v) is 19.2. The number of anilines is 2. The maximum Gasteiger partial charge on any atom is 0.338 e. The Kier molecular flexibility index (Phi) is 7.32. The van der Waals surface area contributed by atoms with Gasteiger partial charge in [-0.3, -0.25) is 0 Å². The van der Waals surface area contributed by atoms with E-state index in [4.69, 9.17) is 21.7 Å². The summed E-state index contributed by atoms with van der Waals surface area (Å²) in [7, 11) is 3.38. The van der Waals surface area contributed by atoms with E-state index in [1.807, 2.05) is 19.1 Å². The number of benzene rings is 2. The molecule has 1 aliphatic rings. The zero-order chi connectivity index (χ0) is 23.3. The van der Waals surface area contributed by atoms with Crippen LogP contribution in [0.15, 0.2) is 59.8 Å². The second-order valence-corrected chi connectivity index (χ2v) is 7.48. The van der Waals surface area contributed by atoms with Crippen LogP contribution in [0.25, 0.3) is 0 Å². The standard InChI is InChI=1S/C23H26N4O4S/c1-5-31-21(28)19-14(2)27(3)23(32)26-20(19)15-6-8-16(9-7-15)24-22(29)25-17-10-12-18(30-4)13-11-17/h6-13,20H,5H2,1-4H3,(H,26,32)(H2,24,25,29). The van der Waals surface area contributed by atoms with Crippen LogP contribution in [-0.4, -0.2) is 42.8 Å². The van der Waals surface area contributed by atoms with Gasteiger partial charge in [0.25, 0.3) is 0 Å². The Hall–Kier alpha value is -3.59. The van der Waals surface area contributed by atoms with E-state index in [1.54, 1.807) is 62.4 Å². The minimum atomic E-state index is -0.445. The predicted octanol–water partition coefficient (Wildman–Crippen LogP) is 4.04. The van der Waals surface area contributed by atoms with E-state index in [-0.39, 0.29) is 12.6 Å². The number of ether oxygens (including phenoxy) is 2. The highest BCUT2D eigenvalue weighted by Gasteiger charge is 2.33. The molecule has 3 rings (SSSR count). The Morgan fingerprint density at radius 1 is 1.06 bits per heavy atom. The monoisotopic (exact) mass is 454 g/mol. The fourth-order valence-electron chi connectivity index (χ4n) is 3.29. The van der Waals surface area contributed by atoms with Crippen molar-refractivity contribution in [3.8, 4) is 5.75 Å². The third-order valence-electron chi connectivity index (χ3n) is 5.10. The number of carbonyl (C=O) groups excluding carboxylic acids is 2. The van der Waals surface area contributed by atoms with E-state index in [9.17, 15) is 9.59 Å². The maximum atomic E-state index is 12.6. The van der Waals surface area contributed by atoms with Crippen molar-refractivity contribution in [3.05, 3.63) is 65.4 Å². The minimum Gasteiger partial charge on any atom is -0.497 e. The van der Waals surface area contributed by atoms with Crippen molar-refractivity contribution in [2.75, 3.05) is 31.4 Å². The van der Waals surface area contributed by atoms with Gasteiger partial charge in [0.15, 0.2) is 5.11 Å². The number of nitrogens with zero attached hydrogens (tertiary/aromatic N) is 1. The van der Waals surface area contributed by atoms with Crippen molar-refractivity contribution in [1.82, 2.24) is 10.2 Å². The number of hydrogen-bond donors (Lipinski definition) is 3. The molecule has 1 unspecified atom stereocenters. The summed E-state index contributed by atoms with van der Waals surface area (Å²) in [6, 6.07) is 13.4. The van der Waals surface area contributed by atoms with Crippen molar-refractivity contribution in [3.63, 3.8) is 0 Å². The van der Waals surface area contributed by atoms with Crippen molar-refractivity contribution in [1.29, 1.82) is 0 Å². The summed E-state index contributed by atoms with van der Waals surface area (Å²) in [5.41, 5.74) is 3.31. The number of methoxy groups -OCH3 is 1. The molecule has 32 heavy (non-hydrogen) atoms. The molecule has 0 fully saturated rings. The number of carbonyl (C=O) groups is 2. The number of thiocarbonyl (C=S) groups is 1. The molecule has 0 radical (unpaired) electrons. The number of amides is 2. The number of esters is 1. The number of urea groups is 1. The lowest BCUT2D eigenvalue weighted by atomic mass is 9.95. The van der Waals surface area contributed by atoms with E-state index >= 15 is 0 Å². The van der Waals surface area contributed by atoms with Crippen molar-refractivity contribution in [2.45, 2.75) is 19.9 Å². The smallest absolute Gasteiger partial charge is 0.338 e. The molecule has 2 aromatic carbocycles. The second-order valence-electron chi connectivity index (χ2n) is 7.09. The highest BCUT2D eigenvalue weighted by atomic mass is 32.1. The van der Waals surface area contributed by atoms with Gasteiger partial charge in [-0.25, -0.2) is 9.59 Å². The van der Waals surface area contributed by atoms with Crippen LogP contribution in [0.5, 0.6) is 5.75 Å². The summed E-state index contributed by atoms with van der Waals surface area (Å²) in [6.45, 7) is 3.89. The Morgan fingerprint density at radius 2 is 1.62 bits per heavy atom. The van der Waals surface area contributed by atoms with Crippen molar-refractivity contribution >= 4 is 40.7 Å². The number of hydrogen-bond acceptors (Lipinski definition) is 5. The third-order valence-corrected chi connectivity index (χ3v) is 5.49. The lowest BCUT2D eigenvalue weighted by Gasteiger charge is -2.35. The highest BCUT2D eigenvalue weighted by molar-refractivity contribution is 7.80. The number of allylic oxidation sites excluding steroid dienone is 1. The first-order chi connectivity index (χ1) is 15.3. The van der Waals surface area contributed by atoms with Gasteiger partial charge in [0.2, 0.25) is 0 Å². The zero-order valence-electron chi connectivity index (χ0n) is 18.4. The van der Waals surface area contributed by atoms with E-state index in [0.29, 0.717) is 27.8 Å². The molecule has 168 valence electrons. The van der Waals surface area contributed by atoms with Crippen LogP contribution in [0.3, 0.4) is 0 Å². The van der Waals surface area contributed by atoms with Gasteiger partial charge in [-0.1, -0.05) is 12.1 Å². The Morgan fingerprint density at radius 3 is 2.16 bits per heavy atom. The second kappa shape index (κ2) is 10.1. The van der Waals surface area contributed by atoms with Crippen LogP contribution >= 0.6 is 12.2 Å². The van der Waals surface area contributed by atoms with Crippen molar-refractivity contribution in [2.24, 2.45) is 0 Å². The quantitative estimate of drug-likeness (QED) is 0.448. The molecular weight excluding hydrogens is 428 g/mol. The molecule has 0 bridgehead atoms. The summed E-state index contributed by atoms with van der Waals surface area (Å²) in [4.78, 5) is 26.7. The summed E-state index contributed by atoms with van der Waals surface area (Å²) in [6.07, 6.45) is 0. The predicted molar refractivity (Wildman–Crippen MR) is 128 cm³/mol. The largest absolute Gasteiger partial charge is 0.497 e. The van der Waals surface area contributed by atoms with E-state index < -0.39 is 12.0 Å². The molecule has 2 amide bonds. The molecule has 1 aliphatic heterocycles. The molecule has 0 spiro atoms. The van der Waals surface area contributed by atoms with Crippen LogP contribution in [0.1, 0.15) is 25.5 Å². The Bertz CT molecular complexity index is 1030. The molecular formula is C23H26N4O4S. The van der Waals surface area contributed by atoms with Crippen LogP contribution in [-0.2, 0) is 9.53 Å². The average molecular weight is 455 g/mol. The normalized spacial score (nSPS) is 15.7. The molecule has 0 saturated carbocycles. The van der Waals surface area contributed by atoms with Gasteiger partial charge in [0, 0.05) is 24.1 Å². The summed E-state index contributed by atoms with van der Waals surface area (Å²) < 4.78 is 10.4. The Balaban J connectivity index is 1.73. The van der Waals surface area contributed by atoms with Gasteiger partial charge in [-0.15, -0.1) is 0 Å². The molecule has 0 saturated heterocycles. The van der Waals surface area contributed by atoms with E-state index in [1.165, 1.54) is 0 Å². The highest BCUT2D eigenvalue weighted by Crippen LogP contribution is 2.31. The molecule has 2 aromatic rings. The fraction of sp³-hybridized carbons (Fsp3) is 0.261. The topological polar surface area (TPSA) is 91.9 Å². The van der Waals surface area contributed by atoms with Crippen LogP contribution in [0, 0.1) is 0 Å². The molecule has 9 heteroatoms. The molecule has 1 heterocycles. The summed E-state index contributed by atoms with van der Waals surface area (Å²) in [5.74, 6) is 0.318. The van der Waals surface area contributed by atoms with E-state index in [0.717, 1.165) is 11.3 Å². The Labute approximate surface area is 192 Å². The first-order valence-electron chi connectivity index (χ1n) is 10.1. The lowest BCUT2D eigenvalue weighted by molar-refractivity contribution is -0.139. The SMILES string of the molecule is CCOC(=O)C1=C(C)N(C)C(=S)NC1c1ccc(NC(=O)Nc2ccc(OC)cc2)cc1. The van der Waals surface area contributed by atoms with Gasteiger partial charge in [-0.05, 0) is 68.0 Å². The van der Waals surface area contributed by atoms with Crippen LogP contribution in [0.2, 0.25) is 0 Å². The van der Waals surface area contributed by atoms with Gasteiger partial charge in [-0.2, -0.15) is 0 Å². The van der Waals surface area contributed by atoms with Gasteiger partial charge >= 0.3 is 12.0 Å². The number of rotatable bonds is 6. The first kappa shape index (κ1) is 23.1. The third kappa shape index (κ3) is 5.17. The number of nitrogens with one attached hydrogen (secondary N) is 3. The van der Waals surface area contributed by atoms with Gasteiger partial charge in [0.1, 0.15) is 5.75 Å². The summed E-state index contributed by atoms with van der Waals surface area (Å²) >= 11 is 5.40. The summed E-state index contributed by atoms with van der Waals surface area (Å²) in [5, 5.41) is 9.26. The minimum absolute atomic E-state index is 0.280. The molecule has 1 atom stereocenters. The lowest BCUT2D eigenvalue weighted by Crippen LogP contribution is -2.46. The molecule has 3 N–H and O–H groups in total. The first-order valence-corrected chi connectivity index (χ1v) is 10.5. The fourth-order valence-corrected chi connectivity index (χ4v) is 3.54. The van der Waals surface area contributed by atoms with Crippen LogP contribution in [0.4, 0.5) is 16.2 Å². The van der Waals surface area contributed by atoms with E-state index in [2.05, 4.69) is 16.0 Å². The van der Waals surface area contributed by atoms with Crippen molar-refractivity contribution < 1.29 is 19.1 Å². The van der Waals surface area contributed by atoms with Gasteiger partial charge in [0.05, 0.1) is 25.3 Å².